The second-order valence-electron chi connectivity index (χ2n) is 6.64. The van der Waals surface area contributed by atoms with Gasteiger partial charge in [-0.2, -0.15) is 0 Å². The molecule has 1 aromatic heterocycles. The molecule has 0 atom stereocenters. The number of likely N-dealkylation sites (tertiary alicyclic amines) is 1. The summed E-state index contributed by atoms with van der Waals surface area (Å²) in [5, 5.41) is 0. The number of hydrogen-bond donors (Lipinski definition) is 0. The quantitative estimate of drug-likeness (QED) is 0.860. The number of carbonyl (C=O) groups is 1. The zero-order valence-electron chi connectivity index (χ0n) is 12.9. The van der Waals surface area contributed by atoms with E-state index in [0.717, 1.165) is 32.5 Å². The first kappa shape index (κ1) is 15.4. The lowest BCUT2D eigenvalue weighted by molar-refractivity contribution is -0.141. The van der Waals surface area contributed by atoms with E-state index in [1.54, 1.807) is 11.3 Å². The van der Waals surface area contributed by atoms with Gasteiger partial charge in [0.15, 0.2) is 0 Å². The van der Waals surface area contributed by atoms with E-state index in [9.17, 15) is 4.79 Å². The minimum Gasteiger partial charge on any atom is -0.342 e. The van der Waals surface area contributed by atoms with Crippen molar-refractivity contribution in [2.45, 2.75) is 46.2 Å². The number of aromatic nitrogens is 1. The third kappa shape index (κ3) is 3.79. The van der Waals surface area contributed by atoms with Crippen molar-refractivity contribution in [3.05, 3.63) is 16.6 Å². The number of amides is 1. The smallest absolute Gasteiger partial charge is 0.227 e. The molecule has 0 aromatic carbocycles. The van der Waals surface area contributed by atoms with Gasteiger partial charge in [0.05, 0.1) is 5.51 Å². The lowest BCUT2D eigenvalue weighted by Crippen LogP contribution is -2.48. The SMILES string of the molecule is CN(C(=O)C(C)(C)C)C1CCN(Cc2cncs2)CC1. The maximum Gasteiger partial charge on any atom is 0.227 e. The van der Waals surface area contributed by atoms with Crippen LogP contribution >= 0.6 is 11.3 Å². The van der Waals surface area contributed by atoms with Crippen molar-refractivity contribution >= 4 is 17.2 Å². The van der Waals surface area contributed by atoms with E-state index in [2.05, 4.69) is 9.88 Å². The monoisotopic (exact) mass is 295 g/mol. The molecule has 4 nitrogen and oxygen atoms in total. The molecule has 1 aromatic rings. The van der Waals surface area contributed by atoms with Crippen LogP contribution in [-0.4, -0.2) is 46.9 Å². The Hall–Kier alpha value is -0.940. The van der Waals surface area contributed by atoms with Crippen molar-refractivity contribution in [3.63, 3.8) is 0 Å². The van der Waals surface area contributed by atoms with Crippen LogP contribution in [0, 0.1) is 5.41 Å². The van der Waals surface area contributed by atoms with Crippen molar-refractivity contribution in [1.29, 1.82) is 0 Å². The summed E-state index contributed by atoms with van der Waals surface area (Å²) in [6, 6.07) is 0.388. The second kappa shape index (κ2) is 6.22. The number of thiazole rings is 1. The fourth-order valence-corrected chi connectivity index (χ4v) is 3.34. The molecule has 0 unspecified atom stereocenters. The molecule has 0 radical (unpaired) electrons. The predicted molar refractivity (Wildman–Crippen MR) is 82.6 cm³/mol. The van der Waals surface area contributed by atoms with Gasteiger partial charge in [-0.3, -0.25) is 14.7 Å². The number of nitrogens with zero attached hydrogens (tertiary/aromatic N) is 3. The van der Waals surface area contributed by atoms with Gasteiger partial charge in [-0.05, 0) is 12.8 Å². The molecule has 2 heterocycles. The molecule has 5 heteroatoms. The molecule has 112 valence electrons. The Bertz CT molecular complexity index is 430. The average molecular weight is 295 g/mol. The molecule has 20 heavy (non-hydrogen) atoms. The van der Waals surface area contributed by atoms with Crippen molar-refractivity contribution in [1.82, 2.24) is 14.8 Å². The molecule has 0 aliphatic carbocycles. The van der Waals surface area contributed by atoms with Crippen LogP contribution < -0.4 is 0 Å². The van der Waals surface area contributed by atoms with Crippen LogP contribution in [0.15, 0.2) is 11.7 Å². The van der Waals surface area contributed by atoms with Crippen LogP contribution in [0.4, 0.5) is 0 Å². The van der Waals surface area contributed by atoms with Crippen LogP contribution in [0.5, 0.6) is 0 Å². The van der Waals surface area contributed by atoms with Crippen molar-refractivity contribution in [2.75, 3.05) is 20.1 Å². The van der Waals surface area contributed by atoms with E-state index in [1.165, 1.54) is 4.88 Å². The van der Waals surface area contributed by atoms with Crippen molar-refractivity contribution < 1.29 is 4.79 Å². The van der Waals surface area contributed by atoms with E-state index in [0.29, 0.717) is 6.04 Å². The predicted octanol–water partition coefficient (Wildman–Crippen LogP) is 2.61. The van der Waals surface area contributed by atoms with Gasteiger partial charge in [-0.25, -0.2) is 0 Å². The first-order valence-electron chi connectivity index (χ1n) is 7.25. The molecule has 1 aliphatic heterocycles. The fraction of sp³-hybridized carbons (Fsp3) is 0.733. The minimum absolute atomic E-state index is 0.249. The van der Waals surface area contributed by atoms with E-state index >= 15 is 0 Å². The fourth-order valence-electron chi connectivity index (χ4n) is 2.70. The summed E-state index contributed by atoms with van der Waals surface area (Å²) >= 11 is 1.71. The topological polar surface area (TPSA) is 36.4 Å². The zero-order valence-corrected chi connectivity index (χ0v) is 13.7. The average Bonchev–Trinajstić information content (AvgIpc) is 2.90. The van der Waals surface area contributed by atoms with Crippen LogP contribution in [-0.2, 0) is 11.3 Å². The van der Waals surface area contributed by atoms with Gasteiger partial charge in [0.25, 0.3) is 0 Å². The Labute approximate surface area is 125 Å². The minimum atomic E-state index is -0.283. The van der Waals surface area contributed by atoms with Gasteiger partial charge >= 0.3 is 0 Å². The van der Waals surface area contributed by atoms with E-state index in [1.807, 2.05) is 44.4 Å². The van der Waals surface area contributed by atoms with Crippen molar-refractivity contribution in [2.24, 2.45) is 5.41 Å². The first-order valence-corrected chi connectivity index (χ1v) is 8.13. The summed E-state index contributed by atoms with van der Waals surface area (Å²) in [5.74, 6) is 0.249. The summed E-state index contributed by atoms with van der Waals surface area (Å²) in [5.41, 5.74) is 1.60. The third-order valence-corrected chi connectivity index (χ3v) is 4.69. The molecule has 0 spiro atoms. The highest BCUT2D eigenvalue weighted by molar-refractivity contribution is 7.09. The standard InChI is InChI=1S/C15H25N3OS/c1-15(2,3)14(19)17(4)12-5-7-18(8-6-12)10-13-9-16-11-20-13/h9,11-12H,5-8,10H2,1-4H3. The molecular formula is C15H25N3OS. The summed E-state index contributed by atoms with van der Waals surface area (Å²) < 4.78 is 0. The first-order chi connectivity index (χ1) is 9.38. The van der Waals surface area contributed by atoms with E-state index in [4.69, 9.17) is 0 Å². The summed E-state index contributed by atoms with van der Waals surface area (Å²) in [6.07, 6.45) is 4.08. The number of rotatable bonds is 3. The molecule has 0 bridgehead atoms. The van der Waals surface area contributed by atoms with Crippen LogP contribution in [0.3, 0.4) is 0 Å². The third-order valence-electron chi connectivity index (χ3n) is 3.93. The van der Waals surface area contributed by atoms with Gasteiger partial charge in [-0.15, -0.1) is 11.3 Å². The number of hydrogen-bond acceptors (Lipinski definition) is 4. The zero-order chi connectivity index (χ0) is 14.8. The van der Waals surface area contributed by atoms with Gasteiger partial charge in [0, 0.05) is 49.2 Å². The Balaban J connectivity index is 1.83. The molecule has 1 saturated heterocycles. The lowest BCUT2D eigenvalue weighted by Gasteiger charge is -2.38. The molecule has 1 aliphatic rings. The summed E-state index contributed by atoms with van der Waals surface area (Å²) in [6.45, 7) is 9.09. The maximum absolute atomic E-state index is 12.3. The molecule has 1 amide bonds. The Morgan fingerprint density at radius 3 is 2.60 bits per heavy atom. The lowest BCUT2D eigenvalue weighted by atomic mass is 9.92. The van der Waals surface area contributed by atoms with Crippen LogP contribution in [0.1, 0.15) is 38.5 Å². The maximum atomic E-state index is 12.3. The van der Waals surface area contributed by atoms with Gasteiger partial charge in [0.2, 0.25) is 5.91 Å². The largest absolute Gasteiger partial charge is 0.342 e. The highest BCUT2D eigenvalue weighted by Crippen LogP contribution is 2.23. The highest BCUT2D eigenvalue weighted by Gasteiger charge is 2.31. The van der Waals surface area contributed by atoms with Gasteiger partial charge in [-0.1, -0.05) is 20.8 Å². The highest BCUT2D eigenvalue weighted by atomic mass is 32.1. The normalized spacial score (nSPS) is 18.2. The Kier molecular flexibility index (Phi) is 4.81. The molecular weight excluding hydrogens is 270 g/mol. The molecule has 2 rings (SSSR count). The Morgan fingerprint density at radius 1 is 1.45 bits per heavy atom. The second-order valence-corrected chi connectivity index (χ2v) is 7.61. The molecule has 0 saturated carbocycles. The van der Waals surface area contributed by atoms with Crippen LogP contribution in [0.25, 0.3) is 0 Å². The van der Waals surface area contributed by atoms with E-state index < -0.39 is 0 Å². The summed E-state index contributed by atoms with van der Waals surface area (Å²) in [7, 11) is 1.96. The molecule has 0 N–H and O–H groups in total. The number of piperidine rings is 1. The van der Waals surface area contributed by atoms with Gasteiger partial charge < -0.3 is 4.90 Å². The summed E-state index contributed by atoms with van der Waals surface area (Å²) in [4.78, 5) is 22.2. The van der Waals surface area contributed by atoms with Crippen molar-refractivity contribution in [3.8, 4) is 0 Å². The van der Waals surface area contributed by atoms with Crippen LogP contribution in [0.2, 0.25) is 0 Å². The number of carbonyl (C=O) groups excluding carboxylic acids is 1. The Morgan fingerprint density at radius 2 is 2.10 bits per heavy atom. The van der Waals surface area contributed by atoms with Gasteiger partial charge in [0.1, 0.15) is 0 Å². The molecule has 1 fully saturated rings. The van der Waals surface area contributed by atoms with E-state index in [-0.39, 0.29) is 11.3 Å².